The van der Waals surface area contributed by atoms with Crippen molar-refractivity contribution in [2.45, 2.75) is 0 Å². The molecule has 0 atom stereocenters. The Bertz CT molecular complexity index is 617. The van der Waals surface area contributed by atoms with Crippen molar-refractivity contribution < 1.29 is 4.79 Å². The van der Waals surface area contributed by atoms with Gasteiger partial charge in [0.05, 0.1) is 21.3 Å². The van der Waals surface area contributed by atoms with E-state index in [0.29, 0.717) is 27.0 Å². The molecule has 0 fully saturated rings. The number of halogens is 2. The lowest BCUT2D eigenvalue weighted by atomic mass is 10.1. The summed E-state index contributed by atoms with van der Waals surface area (Å²) in [5, 5.41) is 3.54. The fraction of sp³-hybridized carbons (Fsp3) is 0. The Hall–Kier alpha value is -1.75. The normalized spacial score (nSPS) is 10.1. The van der Waals surface area contributed by atoms with Crippen LogP contribution in [0.4, 0.5) is 11.4 Å². The average Bonchev–Trinajstić information content (AvgIpc) is 2.43. The molecule has 2 rings (SSSR count). The van der Waals surface area contributed by atoms with Crippen molar-refractivity contribution in [3.8, 4) is 0 Å². The maximum atomic E-state index is 12.1. The van der Waals surface area contributed by atoms with Gasteiger partial charge in [0.25, 0.3) is 5.91 Å². The number of hydrazine groups is 1. The van der Waals surface area contributed by atoms with E-state index < -0.39 is 0 Å². The van der Waals surface area contributed by atoms with E-state index in [9.17, 15) is 4.79 Å². The van der Waals surface area contributed by atoms with Crippen molar-refractivity contribution in [3.63, 3.8) is 0 Å². The number of anilines is 2. The minimum Gasteiger partial charge on any atom is -0.323 e. The van der Waals surface area contributed by atoms with Crippen LogP contribution in [0.3, 0.4) is 0 Å². The zero-order chi connectivity index (χ0) is 13.8. The van der Waals surface area contributed by atoms with E-state index in [4.69, 9.17) is 29.0 Å². The number of rotatable bonds is 3. The average molecular weight is 296 g/mol. The van der Waals surface area contributed by atoms with Gasteiger partial charge in [-0.25, -0.2) is 0 Å². The van der Waals surface area contributed by atoms with Gasteiger partial charge in [-0.1, -0.05) is 35.3 Å². The van der Waals surface area contributed by atoms with Crippen LogP contribution in [-0.2, 0) is 0 Å². The monoisotopic (exact) mass is 295 g/mol. The first-order chi connectivity index (χ1) is 9.11. The number of carbonyl (C=O) groups excluding carboxylic acids is 1. The standard InChI is InChI=1S/C13H11Cl2N3O/c14-10-6-5-8(7-11(10)15)17-13(19)9-3-1-2-4-12(9)18-16/h1-7,18H,16H2,(H,17,19). The van der Waals surface area contributed by atoms with E-state index >= 15 is 0 Å². The summed E-state index contributed by atoms with van der Waals surface area (Å²) in [5.74, 6) is 5.07. The largest absolute Gasteiger partial charge is 0.323 e. The topological polar surface area (TPSA) is 67.1 Å². The molecule has 0 aliphatic heterocycles. The van der Waals surface area contributed by atoms with Crippen molar-refractivity contribution in [1.29, 1.82) is 0 Å². The second-order valence-corrected chi connectivity index (χ2v) is 4.59. The first kappa shape index (κ1) is 13.7. The highest BCUT2D eigenvalue weighted by molar-refractivity contribution is 6.42. The fourth-order valence-corrected chi connectivity index (χ4v) is 1.88. The highest BCUT2D eigenvalue weighted by atomic mass is 35.5. The van der Waals surface area contributed by atoms with E-state index in [1.54, 1.807) is 42.5 Å². The van der Waals surface area contributed by atoms with E-state index in [-0.39, 0.29) is 5.91 Å². The van der Waals surface area contributed by atoms with Crippen LogP contribution < -0.4 is 16.6 Å². The molecule has 4 N–H and O–H groups in total. The van der Waals surface area contributed by atoms with Crippen LogP contribution in [0, 0.1) is 0 Å². The highest BCUT2D eigenvalue weighted by Crippen LogP contribution is 2.25. The molecule has 2 aromatic carbocycles. The number of hydrogen-bond acceptors (Lipinski definition) is 3. The molecule has 0 radical (unpaired) electrons. The van der Waals surface area contributed by atoms with E-state index in [1.807, 2.05) is 0 Å². The number of hydrogen-bond donors (Lipinski definition) is 3. The quantitative estimate of drug-likeness (QED) is 0.599. The van der Waals surface area contributed by atoms with Gasteiger partial charge in [-0.05, 0) is 30.3 Å². The van der Waals surface area contributed by atoms with Crippen LogP contribution in [0.1, 0.15) is 10.4 Å². The Balaban J connectivity index is 2.23. The number of nitrogens with two attached hydrogens (primary N) is 1. The first-order valence-electron chi connectivity index (χ1n) is 5.44. The Kier molecular flexibility index (Phi) is 4.27. The third-order valence-corrected chi connectivity index (χ3v) is 3.24. The van der Waals surface area contributed by atoms with Crippen LogP contribution in [0.2, 0.25) is 10.0 Å². The van der Waals surface area contributed by atoms with Crippen LogP contribution in [-0.4, -0.2) is 5.91 Å². The maximum absolute atomic E-state index is 12.1. The lowest BCUT2D eigenvalue weighted by molar-refractivity contribution is 0.102. The molecule has 0 aromatic heterocycles. The molecular weight excluding hydrogens is 285 g/mol. The Morgan fingerprint density at radius 1 is 1.05 bits per heavy atom. The number of nitrogen functional groups attached to an aromatic ring is 1. The van der Waals surface area contributed by atoms with Gasteiger partial charge in [0.2, 0.25) is 0 Å². The molecule has 98 valence electrons. The van der Waals surface area contributed by atoms with Crippen LogP contribution in [0.15, 0.2) is 42.5 Å². The smallest absolute Gasteiger partial charge is 0.257 e. The molecule has 6 heteroatoms. The minimum atomic E-state index is -0.285. The third kappa shape index (κ3) is 3.17. The zero-order valence-electron chi connectivity index (χ0n) is 9.78. The Morgan fingerprint density at radius 2 is 1.79 bits per heavy atom. The lowest BCUT2D eigenvalue weighted by Crippen LogP contribution is -2.17. The lowest BCUT2D eigenvalue weighted by Gasteiger charge is -2.10. The Morgan fingerprint density at radius 3 is 2.47 bits per heavy atom. The predicted octanol–water partition coefficient (Wildman–Crippen LogP) is 3.53. The van der Waals surface area contributed by atoms with Gasteiger partial charge in [0.1, 0.15) is 0 Å². The van der Waals surface area contributed by atoms with Gasteiger partial charge in [0.15, 0.2) is 0 Å². The van der Waals surface area contributed by atoms with Gasteiger partial charge < -0.3 is 10.7 Å². The second-order valence-electron chi connectivity index (χ2n) is 3.77. The molecule has 19 heavy (non-hydrogen) atoms. The summed E-state index contributed by atoms with van der Waals surface area (Å²) >= 11 is 11.7. The maximum Gasteiger partial charge on any atom is 0.257 e. The van der Waals surface area contributed by atoms with Crippen molar-refractivity contribution in [3.05, 3.63) is 58.1 Å². The van der Waals surface area contributed by atoms with E-state index in [2.05, 4.69) is 10.7 Å². The molecule has 2 aromatic rings. The van der Waals surface area contributed by atoms with Gasteiger partial charge >= 0.3 is 0 Å². The first-order valence-corrected chi connectivity index (χ1v) is 6.19. The second kappa shape index (κ2) is 5.93. The van der Waals surface area contributed by atoms with E-state index in [1.165, 1.54) is 0 Å². The van der Waals surface area contributed by atoms with Crippen LogP contribution >= 0.6 is 23.2 Å². The van der Waals surface area contributed by atoms with Crippen molar-refractivity contribution in [1.82, 2.24) is 0 Å². The van der Waals surface area contributed by atoms with Crippen LogP contribution in [0.5, 0.6) is 0 Å². The third-order valence-electron chi connectivity index (χ3n) is 2.50. The Labute approximate surface area is 120 Å². The van der Waals surface area contributed by atoms with Crippen molar-refractivity contribution >= 4 is 40.5 Å². The minimum absolute atomic E-state index is 0.285. The molecule has 0 saturated heterocycles. The molecule has 1 amide bonds. The van der Waals surface area contributed by atoms with Gasteiger partial charge in [0, 0.05) is 5.69 Å². The summed E-state index contributed by atoms with van der Waals surface area (Å²) in [4.78, 5) is 12.1. The number of nitrogens with one attached hydrogen (secondary N) is 2. The molecule has 0 heterocycles. The number of para-hydroxylation sites is 1. The molecule has 0 saturated carbocycles. The fourth-order valence-electron chi connectivity index (χ4n) is 1.58. The zero-order valence-corrected chi connectivity index (χ0v) is 11.3. The van der Waals surface area contributed by atoms with Crippen molar-refractivity contribution in [2.75, 3.05) is 10.7 Å². The molecule has 4 nitrogen and oxygen atoms in total. The molecule has 0 unspecified atom stereocenters. The number of amides is 1. The van der Waals surface area contributed by atoms with E-state index in [0.717, 1.165) is 0 Å². The summed E-state index contributed by atoms with van der Waals surface area (Å²) < 4.78 is 0. The summed E-state index contributed by atoms with van der Waals surface area (Å²) in [6.45, 7) is 0. The summed E-state index contributed by atoms with van der Waals surface area (Å²) in [6.07, 6.45) is 0. The number of carbonyl (C=O) groups is 1. The summed E-state index contributed by atoms with van der Waals surface area (Å²) in [6, 6.07) is 11.8. The molecular formula is C13H11Cl2N3O. The molecule has 0 bridgehead atoms. The SMILES string of the molecule is NNc1ccccc1C(=O)Nc1ccc(Cl)c(Cl)c1. The van der Waals surface area contributed by atoms with Gasteiger partial charge in [-0.3, -0.25) is 10.6 Å². The van der Waals surface area contributed by atoms with Crippen LogP contribution in [0.25, 0.3) is 0 Å². The van der Waals surface area contributed by atoms with Gasteiger partial charge in [-0.2, -0.15) is 0 Å². The highest BCUT2D eigenvalue weighted by Gasteiger charge is 2.11. The van der Waals surface area contributed by atoms with Crippen molar-refractivity contribution in [2.24, 2.45) is 5.84 Å². The number of benzene rings is 2. The van der Waals surface area contributed by atoms with Gasteiger partial charge in [-0.15, -0.1) is 0 Å². The molecule has 0 spiro atoms. The predicted molar refractivity (Wildman–Crippen MR) is 78.7 cm³/mol. The summed E-state index contributed by atoms with van der Waals surface area (Å²) in [5.41, 5.74) is 4.02. The molecule has 0 aliphatic rings. The summed E-state index contributed by atoms with van der Waals surface area (Å²) in [7, 11) is 0. The molecule has 0 aliphatic carbocycles.